The van der Waals surface area contributed by atoms with E-state index in [-0.39, 0.29) is 10.6 Å². The maximum absolute atomic E-state index is 11.1. The number of carbonyl (C=O) groups is 1. The van der Waals surface area contributed by atoms with Crippen molar-refractivity contribution in [2.24, 2.45) is 5.73 Å². The maximum atomic E-state index is 11.1. The molecule has 0 unspecified atom stereocenters. The van der Waals surface area contributed by atoms with Gasteiger partial charge in [0.05, 0.1) is 10.6 Å². The monoisotopic (exact) mass is 339 g/mol. The van der Waals surface area contributed by atoms with Gasteiger partial charge in [-0.2, -0.15) is 0 Å². The molecule has 2 N–H and O–H groups in total. The zero-order valence-corrected chi connectivity index (χ0v) is 12.5. The van der Waals surface area contributed by atoms with Gasteiger partial charge in [-0.3, -0.25) is 4.79 Å². The number of halogens is 2. The van der Waals surface area contributed by atoms with Gasteiger partial charge in [-0.05, 0) is 42.8 Å². The first-order chi connectivity index (χ1) is 8.97. The molecular weight excluding hydrogens is 330 g/mol. The molecule has 19 heavy (non-hydrogen) atoms. The first kappa shape index (κ1) is 13.9. The summed E-state index contributed by atoms with van der Waals surface area (Å²) in [6, 6.07) is 10.4. The van der Waals surface area contributed by atoms with Gasteiger partial charge < -0.3 is 10.5 Å². The van der Waals surface area contributed by atoms with Crippen molar-refractivity contribution in [3.05, 3.63) is 57.0 Å². The summed E-state index contributed by atoms with van der Waals surface area (Å²) in [5.41, 5.74) is 6.53. The van der Waals surface area contributed by atoms with Crippen LogP contribution in [0.5, 0.6) is 11.5 Å². The van der Waals surface area contributed by atoms with Gasteiger partial charge in [0.25, 0.3) is 0 Å². The average molecular weight is 341 g/mol. The first-order valence-corrected chi connectivity index (χ1v) is 6.68. The lowest BCUT2D eigenvalue weighted by atomic mass is 10.2. The Hall–Kier alpha value is -1.52. The van der Waals surface area contributed by atoms with Crippen LogP contribution >= 0.6 is 27.5 Å². The highest BCUT2D eigenvalue weighted by Crippen LogP contribution is 2.29. The van der Waals surface area contributed by atoms with Crippen LogP contribution in [0, 0.1) is 6.92 Å². The van der Waals surface area contributed by atoms with Crippen molar-refractivity contribution < 1.29 is 9.53 Å². The normalized spacial score (nSPS) is 10.3. The molecule has 2 aromatic carbocycles. The molecule has 0 fully saturated rings. The minimum absolute atomic E-state index is 0.277. The molecule has 2 aromatic rings. The third-order valence-electron chi connectivity index (χ3n) is 2.57. The molecular formula is C14H11BrClNO2. The van der Waals surface area contributed by atoms with Crippen LogP contribution in [0.3, 0.4) is 0 Å². The summed E-state index contributed by atoms with van der Waals surface area (Å²) in [5, 5.41) is 0.277. The molecule has 0 bridgehead atoms. The molecule has 0 aliphatic carbocycles. The molecule has 1 amide bonds. The molecule has 0 spiro atoms. The Morgan fingerprint density at radius 3 is 2.42 bits per heavy atom. The van der Waals surface area contributed by atoms with E-state index in [9.17, 15) is 4.79 Å². The van der Waals surface area contributed by atoms with Crippen molar-refractivity contribution in [3.63, 3.8) is 0 Å². The number of hydrogen-bond donors (Lipinski definition) is 1. The number of ether oxygens (including phenoxy) is 1. The van der Waals surface area contributed by atoms with E-state index in [1.54, 1.807) is 18.2 Å². The van der Waals surface area contributed by atoms with Crippen molar-refractivity contribution in [3.8, 4) is 11.5 Å². The number of benzene rings is 2. The second kappa shape index (κ2) is 5.63. The van der Waals surface area contributed by atoms with Crippen LogP contribution in [0.2, 0.25) is 5.02 Å². The van der Waals surface area contributed by atoms with E-state index in [0.717, 1.165) is 10.0 Å². The van der Waals surface area contributed by atoms with E-state index in [1.165, 1.54) is 0 Å². The van der Waals surface area contributed by atoms with Crippen LogP contribution in [-0.2, 0) is 0 Å². The smallest absolute Gasteiger partial charge is 0.250 e. The minimum Gasteiger partial charge on any atom is -0.457 e. The number of carbonyl (C=O) groups excluding carboxylic acids is 1. The van der Waals surface area contributed by atoms with Gasteiger partial charge in [0, 0.05) is 10.5 Å². The number of amides is 1. The van der Waals surface area contributed by atoms with Crippen LogP contribution < -0.4 is 10.5 Å². The summed E-state index contributed by atoms with van der Waals surface area (Å²) in [7, 11) is 0. The Morgan fingerprint density at radius 1 is 1.21 bits per heavy atom. The zero-order chi connectivity index (χ0) is 14.0. The fraction of sp³-hybridized carbons (Fsp3) is 0.0714. The molecule has 0 heterocycles. The highest BCUT2D eigenvalue weighted by molar-refractivity contribution is 9.10. The number of nitrogens with two attached hydrogens (primary N) is 1. The molecule has 0 aliphatic heterocycles. The lowest BCUT2D eigenvalue weighted by Gasteiger charge is -2.08. The number of primary amides is 1. The maximum Gasteiger partial charge on any atom is 0.250 e. The van der Waals surface area contributed by atoms with Gasteiger partial charge in [0.2, 0.25) is 5.91 Å². The van der Waals surface area contributed by atoms with Crippen molar-refractivity contribution in [1.82, 2.24) is 0 Å². The first-order valence-electron chi connectivity index (χ1n) is 5.51. The Kier molecular flexibility index (Phi) is 4.12. The standard InChI is InChI=1S/C14H11BrClNO2/c1-8-6-9(3-5-12(8)15)19-10-2-4-11(14(17)18)13(16)7-10/h2-7H,1H3,(H2,17,18). The number of aryl methyl sites for hydroxylation is 1. The predicted molar refractivity (Wildman–Crippen MR) is 78.9 cm³/mol. The Morgan fingerprint density at radius 2 is 1.84 bits per heavy atom. The van der Waals surface area contributed by atoms with Crippen LogP contribution in [-0.4, -0.2) is 5.91 Å². The Bertz CT molecular complexity index is 643. The van der Waals surface area contributed by atoms with Crippen LogP contribution in [0.15, 0.2) is 40.9 Å². The summed E-state index contributed by atoms with van der Waals surface area (Å²) in [6.45, 7) is 1.97. The summed E-state index contributed by atoms with van der Waals surface area (Å²) in [6.07, 6.45) is 0. The van der Waals surface area contributed by atoms with E-state index < -0.39 is 5.91 Å². The van der Waals surface area contributed by atoms with E-state index >= 15 is 0 Å². The van der Waals surface area contributed by atoms with Gasteiger partial charge in [-0.15, -0.1) is 0 Å². The third kappa shape index (κ3) is 3.28. The van der Waals surface area contributed by atoms with Gasteiger partial charge in [0.15, 0.2) is 0 Å². The van der Waals surface area contributed by atoms with E-state index in [1.807, 2.05) is 25.1 Å². The SMILES string of the molecule is Cc1cc(Oc2ccc(C(N)=O)c(Cl)c2)ccc1Br. The lowest BCUT2D eigenvalue weighted by molar-refractivity contribution is 0.100. The predicted octanol–water partition coefficient (Wildman–Crippen LogP) is 4.30. The highest BCUT2D eigenvalue weighted by Gasteiger charge is 2.08. The summed E-state index contributed by atoms with van der Waals surface area (Å²) >= 11 is 9.38. The zero-order valence-electron chi connectivity index (χ0n) is 10.1. The quantitative estimate of drug-likeness (QED) is 0.905. The van der Waals surface area contributed by atoms with Crippen molar-refractivity contribution in [2.45, 2.75) is 6.92 Å². The van der Waals surface area contributed by atoms with Crippen LogP contribution in [0.1, 0.15) is 15.9 Å². The van der Waals surface area contributed by atoms with E-state index in [2.05, 4.69) is 15.9 Å². The second-order valence-corrected chi connectivity index (χ2v) is 5.28. The molecule has 3 nitrogen and oxygen atoms in total. The van der Waals surface area contributed by atoms with Crippen molar-refractivity contribution in [2.75, 3.05) is 0 Å². The second-order valence-electron chi connectivity index (χ2n) is 4.02. The largest absolute Gasteiger partial charge is 0.457 e. The average Bonchev–Trinajstić information content (AvgIpc) is 2.33. The van der Waals surface area contributed by atoms with Gasteiger partial charge in [0.1, 0.15) is 11.5 Å². The van der Waals surface area contributed by atoms with Crippen molar-refractivity contribution >= 4 is 33.4 Å². The molecule has 0 saturated heterocycles. The lowest BCUT2D eigenvalue weighted by Crippen LogP contribution is -2.11. The molecule has 0 saturated carbocycles. The topological polar surface area (TPSA) is 52.3 Å². The Labute approximate surface area is 124 Å². The molecule has 0 atom stereocenters. The van der Waals surface area contributed by atoms with Crippen molar-refractivity contribution in [1.29, 1.82) is 0 Å². The summed E-state index contributed by atoms with van der Waals surface area (Å²) in [5.74, 6) is 0.691. The minimum atomic E-state index is -0.559. The van der Waals surface area contributed by atoms with Crippen LogP contribution in [0.25, 0.3) is 0 Å². The van der Waals surface area contributed by atoms with E-state index in [0.29, 0.717) is 11.5 Å². The molecule has 0 aromatic heterocycles. The molecule has 5 heteroatoms. The molecule has 0 radical (unpaired) electrons. The summed E-state index contributed by atoms with van der Waals surface area (Å²) in [4.78, 5) is 11.1. The third-order valence-corrected chi connectivity index (χ3v) is 3.77. The van der Waals surface area contributed by atoms with Crippen LogP contribution in [0.4, 0.5) is 0 Å². The van der Waals surface area contributed by atoms with Gasteiger partial charge in [-0.1, -0.05) is 27.5 Å². The number of hydrogen-bond acceptors (Lipinski definition) is 2. The fourth-order valence-corrected chi connectivity index (χ4v) is 2.09. The molecule has 0 aliphatic rings. The van der Waals surface area contributed by atoms with Gasteiger partial charge >= 0.3 is 0 Å². The molecule has 98 valence electrons. The summed E-state index contributed by atoms with van der Waals surface area (Å²) < 4.78 is 6.69. The van der Waals surface area contributed by atoms with E-state index in [4.69, 9.17) is 22.1 Å². The fourth-order valence-electron chi connectivity index (χ4n) is 1.58. The highest BCUT2D eigenvalue weighted by atomic mass is 79.9. The Balaban J connectivity index is 2.26. The number of rotatable bonds is 3. The molecule has 2 rings (SSSR count). The van der Waals surface area contributed by atoms with Gasteiger partial charge in [-0.25, -0.2) is 0 Å².